The Labute approximate surface area is 162 Å². The Morgan fingerprint density at radius 3 is 2.66 bits per heavy atom. The first-order valence-electron chi connectivity index (χ1n) is 8.45. The zero-order valence-corrected chi connectivity index (χ0v) is 14.9. The van der Waals surface area contributed by atoms with Gasteiger partial charge in [-0.15, -0.1) is 0 Å². The molecule has 0 fully saturated rings. The molecule has 5 N–H and O–H groups in total. The number of hydrogen-bond acceptors (Lipinski definition) is 3. The van der Waals surface area contributed by atoms with Crippen molar-refractivity contribution in [2.45, 2.75) is 6.18 Å². The highest BCUT2D eigenvalue weighted by atomic mass is 19.4. The van der Waals surface area contributed by atoms with Gasteiger partial charge in [-0.1, -0.05) is 6.07 Å². The minimum atomic E-state index is -4.43. The summed E-state index contributed by atoms with van der Waals surface area (Å²) in [4.78, 5) is 4.58. The van der Waals surface area contributed by atoms with E-state index < -0.39 is 11.7 Å². The maximum absolute atomic E-state index is 13.0. The molecule has 2 aromatic carbocycles. The van der Waals surface area contributed by atoms with Crippen molar-refractivity contribution in [3.8, 4) is 0 Å². The van der Waals surface area contributed by atoms with Gasteiger partial charge < -0.3 is 15.5 Å². The summed E-state index contributed by atoms with van der Waals surface area (Å²) in [6, 6.07) is 13.9. The zero-order chi connectivity index (χ0) is 20.6. The van der Waals surface area contributed by atoms with Crippen molar-refractivity contribution in [2.75, 3.05) is 5.32 Å². The second kappa shape index (κ2) is 6.89. The number of fused-ring (bicyclic) bond motifs is 3. The van der Waals surface area contributed by atoms with Crippen molar-refractivity contribution in [2.24, 2.45) is 16.1 Å². The molecule has 0 amide bonds. The number of anilines is 2. The minimum Gasteiger partial charge on any atom is -0.360 e. The van der Waals surface area contributed by atoms with Crippen LogP contribution in [0.15, 0.2) is 71.1 Å². The van der Waals surface area contributed by atoms with Gasteiger partial charge in [0, 0.05) is 17.4 Å². The Bertz CT molecular complexity index is 1260. The van der Waals surface area contributed by atoms with Gasteiger partial charge in [-0.3, -0.25) is 0 Å². The van der Waals surface area contributed by atoms with Gasteiger partial charge in [0.25, 0.3) is 5.84 Å². The van der Waals surface area contributed by atoms with Crippen LogP contribution in [0.1, 0.15) is 11.1 Å². The quantitative estimate of drug-likeness (QED) is 0.213. The predicted molar refractivity (Wildman–Crippen MR) is 103 cm³/mol. The fourth-order valence-electron chi connectivity index (χ4n) is 3.06. The third-order valence-corrected chi connectivity index (χ3v) is 4.37. The molecule has 0 saturated carbocycles. The van der Waals surface area contributed by atoms with Crippen LogP contribution >= 0.6 is 0 Å². The van der Waals surface area contributed by atoms with E-state index in [1.54, 1.807) is 18.2 Å². The summed E-state index contributed by atoms with van der Waals surface area (Å²) in [6.45, 7) is 0. The summed E-state index contributed by atoms with van der Waals surface area (Å²) in [5, 5.41) is 9.77. The topological polar surface area (TPSA) is 106 Å². The van der Waals surface area contributed by atoms with Crippen LogP contribution in [-0.2, 0) is 6.18 Å². The first kappa shape index (κ1) is 18.4. The fourth-order valence-corrected chi connectivity index (χ4v) is 3.06. The molecule has 0 saturated heterocycles. The lowest BCUT2D eigenvalue weighted by Crippen LogP contribution is -2.23. The molecule has 2 heterocycles. The molecule has 7 nitrogen and oxygen atoms in total. The lowest BCUT2D eigenvalue weighted by Gasteiger charge is -2.13. The molecular formula is C19H15F3N7+. The average molecular weight is 398 g/mol. The average Bonchev–Trinajstić information content (AvgIpc) is 3.18. The molecule has 0 aliphatic rings. The monoisotopic (exact) mass is 398 g/mol. The Hall–Kier alpha value is -3.95. The predicted octanol–water partition coefficient (Wildman–Crippen LogP) is 3.08. The molecule has 4 rings (SSSR count). The SMILES string of the molecule is N/C(=N\N=[NH2+])c1ccc2c(c1)nc(Nc1cccc(C(F)(F)F)c1)c1cccn12. The molecule has 0 spiro atoms. The number of nitrogens with zero attached hydrogens (tertiary/aromatic N) is 4. The molecule has 2 aromatic heterocycles. The smallest absolute Gasteiger partial charge is 0.360 e. The van der Waals surface area contributed by atoms with Crippen molar-refractivity contribution in [1.29, 1.82) is 0 Å². The van der Waals surface area contributed by atoms with Crippen molar-refractivity contribution in [3.05, 3.63) is 71.9 Å². The van der Waals surface area contributed by atoms with E-state index in [1.165, 1.54) is 6.07 Å². The number of alkyl halides is 3. The van der Waals surface area contributed by atoms with Gasteiger partial charge in [-0.25, -0.2) is 4.98 Å². The molecule has 4 aromatic rings. The minimum absolute atomic E-state index is 0.121. The third-order valence-electron chi connectivity index (χ3n) is 4.37. The fraction of sp³-hybridized carbons (Fsp3) is 0.0526. The van der Waals surface area contributed by atoms with Crippen LogP contribution in [0.2, 0.25) is 0 Å². The number of benzene rings is 2. The first-order valence-corrected chi connectivity index (χ1v) is 8.45. The lowest BCUT2D eigenvalue weighted by molar-refractivity contribution is -0.221. The Morgan fingerprint density at radius 1 is 1.07 bits per heavy atom. The van der Waals surface area contributed by atoms with Crippen LogP contribution in [0.4, 0.5) is 24.7 Å². The van der Waals surface area contributed by atoms with E-state index in [1.807, 2.05) is 28.8 Å². The van der Waals surface area contributed by atoms with Crippen molar-refractivity contribution in [3.63, 3.8) is 0 Å². The van der Waals surface area contributed by atoms with Gasteiger partial charge >= 0.3 is 6.18 Å². The van der Waals surface area contributed by atoms with Gasteiger partial charge in [-0.2, -0.15) is 18.7 Å². The highest BCUT2D eigenvalue weighted by molar-refractivity contribution is 6.00. The molecule has 10 heteroatoms. The van der Waals surface area contributed by atoms with Gasteiger partial charge in [-0.05, 0) is 48.5 Å². The first-order chi connectivity index (χ1) is 13.9. The van der Waals surface area contributed by atoms with Gasteiger partial charge in [0.2, 0.25) is 0 Å². The van der Waals surface area contributed by atoms with E-state index in [4.69, 9.17) is 11.3 Å². The van der Waals surface area contributed by atoms with E-state index in [2.05, 4.69) is 20.6 Å². The molecule has 146 valence electrons. The summed E-state index contributed by atoms with van der Waals surface area (Å²) >= 11 is 0. The zero-order valence-electron chi connectivity index (χ0n) is 14.9. The number of hydrogen-bond donors (Lipinski definition) is 3. The second-order valence-electron chi connectivity index (χ2n) is 6.23. The molecule has 0 radical (unpaired) electrons. The number of nitrogens with two attached hydrogens (primary N) is 2. The molecular weight excluding hydrogens is 383 g/mol. The standard InChI is InChI=1S/C19H14F3N7/c20-19(21,22)12-3-1-4-13(10-12)25-18-16-5-2-8-29(16)15-7-6-11(9-14(15)26-18)17(23)27-28-24/h1-10H,(H,25,26)(H3,23,24,27)/p+1. The van der Waals surface area contributed by atoms with Gasteiger partial charge in [0.15, 0.2) is 5.82 Å². The van der Waals surface area contributed by atoms with E-state index in [0.29, 0.717) is 22.4 Å². The third kappa shape index (κ3) is 3.47. The highest BCUT2D eigenvalue weighted by Gasteiger charge is 2.30. The molecule has 0 atom stereocenters. The van der Waals surface area contributed by atoms with E-state index in [0.717, 1.165) is 17.6 Å². The van der Waals surface area contributed by atoms with Crippen LogP contribution in [0.25, 0.3) is 16.6 Å². The maximum Gasteiger partial charge on any atom is 0.416 e. The highest BCUT2D eigenvalue weighted by Crippen LogP contribution is 2.32. The van der Waals surface area contributed by atoms with Crippen molar-refractivity contribution >= 4 is 33.9 Å². The Kier molecular flexibility index (Phi) is 4.38. The molecule has 0 aliphatic heterocycles. The normalized spacial score (nSPS) is 12.4. The molecule has 0 unspecified atom stereocenters. The summed E-state index contributed by atoms with van der Waals surface area (Å²) in [5.74, 6) is 0.522. The van der Waals surface area contributed by atoms with Crippen LogP contribution in [0.3, 0.4) is 0 Å². The molecule has 29 heavy (non-hydrogen) atoms. The maximum atomic E-state index is 13.0. The number of rotatable bonds is 4. The van der Waals surface area contributed by atoms with Crippen LogP contribution in [0.5, 0.6) is 0 Å². The van der Waals surface area contributed by atoms with E-state index in [-0.39, 0.29) is 11.5 Å². The Morgan fingerprint density at radius 2 is 1.90 bits per heavy atom. The summed E-state index contributed by atoms with van der Waals surface area (Å²) in [5.41, 5.74) is 13.0. The van der Waals surface area contributed by atoms with Crippen LogP contribution in [-0.4, -0.2) is 15.2 Å². The molecule has 0 aliphatic carbocycles. The Balaban J connectivity index is 1.84. The van der Waals surface area contributed by atoms with Crippen LogP contribution in [0, 0.1) is 0 Å². The second-order valence-corrected chi connectivity index (χ2v) is 6.23. The lowest BCUT2D eigenvalue weighted by atomic mass is 10.1. The summed E-state index contributed by atoms with van der Waals surface area (Å²) in [7, 11) is 0. The largest absolute Gasteiger partial charge is 0.416 e. The van der Waals surface area contributed by atoms with E-state index >= 15 is 0 Å². The summed E-state index contributed by atoms with van der Waals surface area (Å²) in [6.07, 6.45) is -2.60. The van der Waals surface area contributed by atoms with Crippen molar-refractivity contribution < 1.29 is 18.7 Å². The number of aromatic nitrogens is 2. The van der Waals surface area contributed by atoms with Crippen LogP contribution < -0.4 is 16.6 Å². The van der Waals surface area contributed by atoms with Gasteiger partial charge in [0.05, 0.1) is 27.2 Å². The number of amidine groups is 1. The number of halogens is 3. The number of nitrogens with one attached hydrogen (secondary N) is 1. The van der Waals surface area contributed by atoms with Gasteiger partial charge in [0.1, 0.15) is 5.22 Å². The summed E-state index contributed by atoms with van der Waals surface area (Å²) < 4.78 is 40.9. The van der Waals surface area contributed by atoms with Crippen molar-refractivity contribution in [1.82, 2.24) is 9.38 Å². The molecule has 0 bridgehead atoms. The van der Waals surface area contributed by atoms with E-state index in [9.17, 15) is 13.2 Å².